The van der Waals surface area contributed by atoms with Gasteiger partial charge in [-0.3, -0.25) is 4.79 Å². The molecule has 25 heavy (non-hydrogen) atoms. The minimum absolute atomic E-state index is 0.374. The Bertz CT molecular complexity index is 1110. The number of hydrogen-bond acceptors (Lipinski definition) is 4. The van der Waals surface area contributed by atoms with Crippen molar-refractivity contribution in [1.82, 2.24) is 14.3 Å². The van der Waals surface area contributed by atoms with Crippen LogP contribution in [0, 0.1) is 5.82 Å². The first-order valence-electron chi connectivity index (χ1n) is 6.80. The maximum absolute atomic E-state index is 14.3. The molecular formula is C15H10BrClFN3O3S. The average molecular weight is 447 g/mol. The van der Waals surface area contributed by atoms with Crippen LogP contribution < -0.4 is 4.72 Å². The number of fused-ring (bicyclic) bond motifs is 1. The first-order valence-corrected chi connectivity index (χ1v) is 9.86. The number of benzene rings is 1. The van der Waals surface area contributed by atoms with E-state index in [1.54, 1.807) is 21.6 Å². The fourth-order valence-electron chi connectivity index (χ4n) is 2.30. The lowest BCUT2D eigenvalue weighted by atomic mass is 10.2. The second-order valence-electron chi connectivity index (χ2n) is 5.24. The number of carbonyl (C=O) groups excluding carboxylic acids is 1. The highest BCUT2D eigenvalue weighted by Crippen LogP contribution is 2.29. The lowest BCUT2D eigenvalue weighted by molar-refractivity contribution is 0.0978. The zero-order valence-corrected chi connectivity index (χ0v) is 15.8. The summed E-state index contributed by atoms with van der Waals surface area (Å²) in [4.78, 5) is 16.0. The molecule has 3 aromatic rings. The van der Waals surface area contributed by atoms with E-state index < -0.39 is 21.7 Å². The van der Waals surface area contributed by atoms with Gasteiger partial charge in [-0.2, -0.15) is 0 Å². The fraction of sp³-hybridized carbons (Fsp3) is 0.0667. The molecule has 10 heteroatoms. The van der Waals surface area contributed by atoms with Crippen molar-refractivity contribution in [3.8, 4) is 5.69 Å². The zero-order valence-electron chi connectivity index (χ0n) is 12.6. The molecule has 6 nitrogen and oxygen atoms in total. The Morgan fingerprint density at radius 3 is 2.72 bits per heavy atom. The summed E-state index contributed by atoms with van der Waals surface area (Å²) in [5.74, 6) is -1.89. The fourth-order valence-corrected chi connectivity index (χ4v) is 3.40. The summed E-state index contributed by atoms with van der Waals surface area (Å²) < 4.78 is 40.6. The van der Waals surface area contributed by atoms with Crippen molar-refractivity contribution in [1.29, 1.82) is 0 Å². The quantitative estimate of drug-likeness (QED) is 0.669. The predicted octanol–water partition coefficient (Wildman–Crippen LogP) is 3.27. The number of aromatic nitrogens is 2. The van der Waals surface area contributed by atoms with Crippen LogP contribution >= 0.6 is 27.5 Å². The van der Waals surface area contributed by atoms with Gasteiger partial charge in [-0.15, -0.1) is 0 Å². The van der Waals surface area contributed by atoms with E-state index in [0.717, 1.165) is 22.2 Å². The van der Waals surface area contributed by atoms with Crippen LogP contribution in [0.5, 0.6) is 0 Å². The number of hydrogen-bond donors (Lipinski definition) is 1. The van der Waals surface area contributed by atoms with Gasteiger partial charge >= 0.3 is 0 Å². The number of sulfonamides is 1. The molecule has 0 spiro atoms. The minimum Gasteiger partial charge on any atom is -0.300 e. The van der Waals surface area contributed by atoms with Gasteiger partial charge in [-0.25, -0.2) is 22.5 Å². The molecule has 0 aliphatic heterocycles. The van der Waals surface area contributed by atoms with Gasteiger partial charge in [0, 0.05) is 27.9 Å². The van der Waals surface area contributed by atoms with Gasteiger partial charge in [0.05, 0.1) is 16.8 Å². The maximum Gasteiger partial charge on any atom is 0.267 e. The van der Waals surface area contributed by atoms with E-state index >= 15 is 0 Å². The number of rotatable bonds is 3. The molecule has 0 aliphatic carbocycles. The van der Waals surface area contributed by atoms with E-state index in [0.29, 0.717) is 16.4 Å². The molecule has 0 aliphatic rings. The second kappa shape index (κ2) is 6.40. The molecule has 1 aromatic carbocycles. The van der Waals surface area contributed by atoms with Crippen molar-refractivity contribution in [2.75, 3.05) is 6.26 Å². The molecule has 130 valence electrons. The summed E-state index contributed by atoms with van der Waals surface area (Å²) in [6, 6.07) is 5.54. The number of pyridine rings is 1. The Hall–Kier alpha value is -1.97. The number of carbonyl (C=O) groups is 1. The van der Waals surface area contributed by atoms with Crippen LogP contribution in [-0.2, 0) is 10.0 Å². The van der Waals surface area contributed by atoms with Crippen molar-refractivity contribution < 1.29 is 17.6 Å². The third kappa shape index (κ3) is 3.68. The summed E-state index contributed by atoms with van der Waals surface area (Å²) in [6.07, 6.45) is 3.98. The van der Waals surface area contributed by atoms with Crippen molar-refractivity contribution in [2.45, 2.75) is 0 Å². The molecule has 3 rings (SSSR count). The summed E-state index contributed by atoms with van der Waals surface area (Å²) in [5.41, 5.74) is 0.587. The molecule has 1 N–H and O–H groups in total. The SMILES string of the molecule is CS(=O)(=O)NC(=O)c1ccc(-n2cc(Br)c3cc(Cl)cnc32)cc1F. The Morgan fingerprint density at radius 2 is 2.08 bits per heavy atom. The summed E-state index contributed by atoms with van der Waals surface area (Å²) in [7, 11) is -3.78. The minimum atomic E-state index is -3.78. The maximum atomic E-state index is 14.3. The van der Waals surface area contributed by atoms with Crippen molar-refractivity contribution in [2.24, 2.45) is 0 Å². The van der Waals surface area contributed by atoms with E-state index in [1.165, 1.54) is 18.3 Å². The van der Waals surface area contributed by atoms with Gasteiger partial charge in [-0.05, 0) is 40.2 Å². The molecule has 2 aromatic heterocycles. The number of amides is 1. The normalized spacial score (nSPS) is 11.7. The highest BCUT2D eigenvalue weighted by molar-refractivity contribution is 9.10. The van der Waals surface area contributed by atoms with E-state index in [-0.39, 0.29) is 5.56 Å². The molecular weight excluding hydrogens is 437 g/mol. The van der Waals surface area contributed by atoms with Crippen LogP contribution in [0.15, 0.2) is 41.1 Å². The lowest BCUT2D eigenvalue weighted by Gasteiger charge is -2.08. The van der Waals surface area contributed by atoms with Crippen LogP contribution in [0.2, 0.25) is 5.02 Å². The summed E-state index contributed by atoms with van der Waals surface area (Å²) in [6.45, 7) is 0. The monoisotopic (exact) mass is 445 g/mol. The number of halogens is 3. The van der Waals surface area contributed by atoms with Crippen LogP contribution in [0.4, 0.5) is 4.39 Å². The third-order valence-electron chi connectivity index (χ3n) is 3.31. The van der Waals surface area contributed by atoms with Crippen molar-refractivity contribution in [3.05, 3.63) is 57.5 Å². The van der Waals surface area contributed by atoms with E-state index in [1.807, 2.05) is 0 Å². The van der Waals surface area contributed by atoms with Crippen molar-refractivity contribution in [3.63, 3.8) is 0 Å². The van der Waals surface area contributed by atoms with Crippen LogP contribution in [0.3, 0.4) is 0 Å². The first-order chi connectivity index (χ1) is 11.7. The Kier molecular flexibility index (Phi) is 4.56. The number of nitrogens with zero attached hydrogens (tertiary/aromatic N) is 2. The largest absolute Gasteiger partial charge is 0.300 e. The molecule has 0 saturated carbocycles. The van der Waals surface area contributed by atoms with Gasteiger partial charge in [-0.1, -0.05) is 11.6 Å². The smallest absolute Gasteiger partial charge is 0.267 e. The molecule has 0 bridgehead atoms. The van der Waals surface area contributed by atoms with E-state index in [4.69, 9.17) is 11.6 Å². The lowest BCUT2D eigenvalue weighted by Crippen LogP contribution is -2.30. The van der Waals surface area contributed by atoms with Gasteiger partial charge in [0.2, 0.25) is 10.0 Å². The molecule has 0 radical (unpaired) electrons. The zero-order chi connectivity index (χ0) is 18.4. The van der Waals surface area contributed by atoms with E-state index in [9.17, 15) is 17.6 Å². The topological polar surface area (TPSA) is 81.1 Å². The predicted molar refractivity (Wildman–Crippen MR) is 96.0 cm³/mol. The van der Waals surface area contributed by atoms with Crippen LogP contribution in [0.1, 0.15) is 10.4 Å². The van der Waals surface area contributed by atoms with Gasteiger partial charge < -0.3 is 4.57 Å². The standard InChI is InChI=1S/C15H10BrClFN3O3S/c1-25(23,24)20-15(22)10-3-2-9(5-13(10)18)21-7-12(16)11-4-8(17)6-19-14(11)21/h2-7H,1H3,(H,20,22). The van der Waals surface area contributed by atoms with E-state index in [2.05, 4.69) is 20.9 Å². The Balaban J connectivity index is 2.06. The molecule has 0 unspecified atom stereocenters. The van der Waals surface area contributed by atoms with Gasteiger partial charge in [0.1, 0.15) is 11.5 Å². The number of nitrogens with one attached hydrogen (secondary N) is 1. The van der Waals surface area contributed by atoms with Crippen LogP contribution in [0.25, 0.3) is 16.7 Å². The summed E-state index contributed by atoms with van der Waals surface area (Å²) >= 11 is 9.33. The molecule has 0 fully saturated rings. The van der Waals surface area contributed by atoms with Gasteiger partial charge in [0.15, 0.2) is 0 Å². The Morgan fingerprint density at radius 1 is 1.36 bits per heavy atom. The summed E-state index contributed by atoms with van der Waals surface area (Å²) in [5, 5.41) is 1.21. The molecule has 0 saturated heterocycles. The molecule has 1 amide bonds. The Labute approximate surface area is 155 Å². The molecule has 0 atom stereocenters. The third-order valence-corrected chi connectivity index (χ3v) is 4.71. The van der Waals surface area contributed by atoms with Gasteiger partial charge in [0.25, 0.3) is 5.91 Å². The highest BCUT2D eigenvalue weighted by atomic mass is 79.9. The highest BCUT2D eigenvalue weighted by Gasteiger charge is 2.17. The molecule has 2 heterocycles. The first kappa shape index (κ1) is 17.8. The van der Waals surface area contributed by atoms with Crippen molar-refractivity contribution >= 4 is 54.5 Å². The van der Waals surface area contributed by atoms with Crippen LogP contribution in [-0.4, -0.2) is 30.1 Å². The average Bonchev–Trinajstić information content (AvgIpc) is 2.82. The second-order valence-corrected chi connectivity index (χ2v) is 8.28.